The summed E-state index contributed by atoms with van der Waals surface area (Å²) in [6, 6.07) is 13.5. The van der Waals surface area contributed by atoms with Crippen LogP contribution in [-0.2, 0) is 14.8 Å². The van der Waals surface area contributed by atoms with Gasteiger partial charge in [-0.05, 0) is 22.4 Å². The molecule has 0 saturated carbocycles. The van der Waals surface area contributed by atoms with Crippen LogP contribution in [0.5, 0.6) is 0 Å². The summed E-state index contributed by atoms with van der Waals surface area (Å²) in [5.74, 6) is -0.967. The summed E-state index contributed by atoms with van der Waals surface area (Å²) in [6.45, 7) is 3.33. The van der Waals surface area contributed by atoms with E-state index < -0.39 is 15.9 Å². The van der Waals surface area contributed by atoms with Gasteiger partial charge in [-0.25, -0.2) is 13.1 Å². The zero-order chi connectivity index (χ0) is 15.3. The monoisotopic (exact) mass is 301 g/mol. The predicted molar refractivity (Wildman–Crippen MR) is 85.1 cm³/mol. The Labute approximate surface area is 123 Å². The molecule has 5 heteroatoms. The van der Waals surface area contributed by atoms with Gasteiger partial charge in [0.2, 0.25) is 10.0 Å². The quantitative estimate of drug-likeness (QED) is 0.681. The molecule has 2 aromatic carbocycles. The fourth-order valence-electron chi connectivity index (χ4n) is 1.95. The molecule has 0 saturated heterocycles. The van der Waals surface area contributed by atoms with Gasteiger partial charge in [-0.2, -0.15) is 0 Å². The van der Waals surface area contributed by atoms with Crippen LogP contribution >= 0.6 is 0 Å². The molecule has 0 fully saturated rings. The molecule has 0 atom stereocenters. The van der Waals surface area contributed by atoms with Crippen molar-refractivity contribution in [2.45, 2.75) is 0 Å². The number of rotatable bonds is 5. The third-order valence-corrected chi connectivity index (χ3v) is 4.02. The number of carbonyl (C=O) groups excluding carboxylic acids is 1. The summed E-state index contributed by atoms with van der Waals surface area (Å²) in [7, 11) is -3.65. The first kappa shape index (κ1) is 15.0. The number of sulfonamides is 1. The number of hydrogen-bond acceptors (Lipinski definition) is 3. The van der Waals surface area contributed by atoms with Gasteiger partial charge in [0, 0.05) is 6.08 Å². The molecular weight excluding hydrogens is 286 g/mol. The molecule has 0 unspecified atom stereocenters. The molecule has 21 heavy (non-hydrogen) atoms. The van der Waals surface area contributed by atoms with Gasteiger partial charge in [-0.1, -0.05) is 48.5 Å². The van der Waals surface area contributed by atoms with Crippen molar-refractivity contribution in [1.29, 1.82) is 0 Å². The first-order chi connectivity index (χ1) is 10.0. The third kappa shape index (κ3) is 4.03. The van der Waals surface area contributed by atoms with Crippen molar-refractivity contribution in [3.63, 3.8) is 0 Å². The number of amides is 1. The molecule has 0 bridgehead atoms. The SMILES string of the molecule is C=CCS(=O)(=O)NC(=O)/C=C/c1cccc2ccccc12. The van der Waals surface area contributed by atoms with Gasteiger partial charge in [0.05, 0.1) is 5.75 Å². The minimum absolute atomic E-state index is 0.291. The summed E-state index contributed by atoms with van der Waals surface area (Å²) in [4.78, 5) is 11.6. The molecule has 0 aromatic heterocycles. The van der Waals surface area contributed by atoms with Crippen LogP contribution in [0, 0.1) is 0 Å². The lowest BCUT2D eigenvalue weighted by molar-refractivity contribution is -0.114. The van der Waals surface area contributed by atoms with Crippen molar-refractivity contribution in [2.24, 2.45) is 0 Å². The zero-order valence-corrected chi connectivity index (χ0v) is 12.1. The molecule has 0 aliphatic carbocycles. The maximum absolute atomic E-state index is 11.6. The van der Waals surface area contributed by atoms with E-state index in [2.05, 4.69) is 6.58 Å². The average Bonchev–Trinajstić information content (AvgIpc) is 2.44. The van der Waals surface area contributed by atoms with E-state index in [-0.39, 0.29) is 5.75 Å². The second-order valence-corrected chi connectivity index (χ2v) is 6.21. The molecule has 1 amide bonds. The highest BCUT2D eigenvalue weighted by atomic mass is 32.2. The first-order valence-corrected chi connectivity index (χ1v) is 7.98. The average molecular weight is 301 g/mol. The lowest BCUT2D eigenvalue weighted by atomic mass is 10.0. The minimum Gasteiger partial charge on any atom is -0.269 e. The Morgan fingerprint density at radius 2 is 1.86 bits per heavy atom. The number of hydrogen-bond donors (Lipinski definition) is 1. The molecule has 0 aliphatic heterocycles. The number of carbonyl (C=O) groups is 1. The second-order valence-electron chi connectivity index (χ2n) is 4.44. The molecule has 0 radical (unpaired) electrons. The fourth-order valence-corrected chi connectivity index (χ4v) is 2.71. The highest BCUT2D eigenvalue weighted by molar-refractivity contribution is 7.90. The number of fused-ring (bicyclic) bond motifs is 1. The summed E-state index contributed by atoms with van der Waals surface area (Å²) in [5, 5.41) is 2.05. The summed E-state index contributed by atoms with van der Waals surface area (Å²) >= 11 is 0. The van der Waals surface area contributed by atoms with Crippen LogP contribution in [0.2, 0.25) is 0 Å². The fraction of sp³-hybridized carbons (Fsp3) is 0.0625. The molecule has 0 heterocycles. The van der Waals surface area contributed by atoms with Gasteiger partial charge in [-0.15, -0.1) is 6.58 Å². The van der Waals surface area contributed by atoms with Gasteiger partial charge < -0.3 is 0 Å². The van der Waals surface area contributed by atoms with Crippen molar-refractivity contribution >= 4 is 32.8 Å². The van der Waals surface area contributed by atoms with Gasteiger partial charge in [-0.3, -0.25) is 4.79 Å². The molecule has 0 aliphatic rings. The zero-order valence-electron chi connectivity index (χ0n) is 11.3. The summed E-state index contributed by atoms with van der Waals surface area (Å²) < 4.78 is 24.8. The summed E-state index contributed by atoms with van der Waals surface area (Å²) in [5.41, 5.74) is 0.851. The second kappa shape index (κ2) is 6.37. The highest BCUT2D eigenvalue weighted by Crippen LogP contribution is 2.19. The highest BCUT2D eigenvalue weighted by Gasteiger charge is 2.09. The Morgan fingerprint density at radius 3 is 2.62 bits per heavy atom. The van der Waals surface area contributed by atoms with Crippen LogP contribution in [0.1, 0.15) is 5.56 Å². The van der Waals surface area contributed by atoms with Crippen molar-refractivity contribution in [3.05, 3.63) is 66.8 Å². The Kier molecular flexibility index (Phi) is 4.55. The molecule has 2 aromatic rings. The minimum atomic E-state index is -3.65. The van der Waals surface area contributed by atoms with Crippen LogP contribution in [-0.4, -0.2) is 20.1 Å². The molecule has 1 N–H and O–H groups in total. The van der Waals surface area contributed by atoms with Gasteiger partial charge in [0.15, 0.2) is 0 Å². The van der Waals surface area contributed by atoms with E-state index in [0.717, 1.165) is 16.3 Å². The standard InChI is InChI=1S/C16H15NO3S/c1-2-12-21(19,20)17-16(18)11-10-14-8-5-7-13-6-3-4-9-15(13)14/h2-11H,1,12H2,(H,17,18)/b11-10+. The predicted octanol–water partition coefficient (Wildman–Crippen LogP) is 2.49. The van der Waals surface area contributed by atoms with E-state index in [0.29, 0.717) is 0 Å². The lowest BCUT2D eigenvalue weighted by Gasteiger charge is -2.03. The van der Waals surface area contributed by atoms with E-state index in [1.807, 2.05) is 47.2 Å². The Hall–Kier alpha value is -2.40. The molecule has 0 spiro atoms. The normalized spacial score (nSPS) is 11.6. The maximum atomic E-state index is 11.6. The van der Waals surface area contributed by atoms with Crippen molar-refractivity contribution in [1.82, 2.24) is 4.72 Å². The topological polar surface area (TPSA) is 63.2 Å². The van der Waals surface area contributed by atoms with Crippen LogP contribution in [0.25, 0.3) is 16.8 Å². The van der Waals surface area contributed by atoms with Crippen molar-refractivity contribution in [3.8, 4) is 0 Å². The Balaban J connectivity index is 2.20. The number of benzene rings is 2. The van der Waals surface area contributed by atoms with E-state index in [1.165, 1.54) is 12.2 Å². The van der Waals surface area contributed by atoms with Crippen LogP contribution in [0.4, 0.5) is 0 Å². The van der Waals surface area contributed by atoms with E-state index in [9.17, 15) is 13.2 Å². The Morgan fingerprint density at radius 1 is 1.14 bits per heavy atom. The molecule has 108 valence electrons. The molecule has 2 rings (SSSR count). The summed E-state index contributed by atoms with van der Waals surface area (Å²) in [6.07, 6.45) is 4.04. The van der Waals surface area contributed by atoms with Crippen LogP contribution in [0.15, 0.2) is 61.2 Å². The van der Waals surface area contributed by atoms with E-state index in [4.69, 9.17) is 0 Å². The van der Waals surface area contributed by atoms with Crippen LogP contribution < -0.4 is 4.72 Å². The molecule has 4 nitrogen and oxygen atoms in total. The maximum Gasteiger partial charge on any atom is 0.257 e. The largest absolute Gasteiger partial charge is 0.269 e. The number of nitrogens with one attached hydrogen (secondary N) is 1. The third-order valence-electron chi connectivity index (χ3n) is 2.83. The molecular formula is C16H15NO3S. The van der Waals surface area contributed by atoms with Crippen LogP contribution in [0.3, 0.4) is 0 Å². The Bertz CT molecular complexity index is 802. The smallest absolute Gasteiger partial charge is 0.257 e. The van der Waals surface area contributed by atoms with E-state index >= 15 is 0 Å². The van der Waals surface area contributed by atoms with Crippen molar-refractivity contribution in [2.75, 3.05) is 5.75 Å². The van der Waals surface area contributed by atoms with Gasteiger partial charge >= 0.3 is 0 Å². The first-order valence-electron chi connectivity index (χ1n) is 6.33. The van der Waals surface area contributed by atoms with Crippen molar-refractivity contribution < 1.29 is 13.2 Å². The van der Waals surface area contributed by atoms with Gasteiger partial charge in [0.25, 0.3) is 5.91 Å². The lowest BCUT2D eigenvalue weighted by Crippen LogP contribution is -2.30. The van der Waals surface area contributed by atoms with Gasteiger partial charge in [0.1, 0.15) is 0 Å². The van der Waals surface area contributed by atoms with E-state index in [1.54, 1.807) is 6.08 Å².